The topological polar surface area (TPSA) is 57.0 Å². The highest BCUT2D eigenvalue weighted by Gasteiger charge is 2.17. The number of nitrogens with zero attached hydrogens (tertiary/aromatic N) is 3. The number of carbonyl (C=O) groups is 1. The summed E-state index contributed by atoms with van der Waals surface area (Å²) in [6.45, 7) is 4.00. The molecule has 0 atom stereocenters. The van der Waals surface area contributed by atoms with E-state index in [-0.39, 0.29) is 17.3 Å². The monoisotopic (exact) mass is 397 g/mol. The summed E-state index contributed by atoms with van der Waals surface area (Å²) in [5, 5.41) is 7.73. The average Bonchev–Trinajstić information content (AvgIpc) is 3.22. The van der Waals surface area contributed by atoms with E-state index in [1.807, 2.05) is 49.6 Å². The van der Waals surface area contributed by atoms with Crippen LogP contribution in [0.15, 0.2) is 47.8 Å². The highest BCUT2D eigenvalue weighted by Crippen LogP contribution is 2.26. The van der Waals surface area contributed by atoms with Crippen molar-refractivity contribution in [2.24, 2.45) is 0 Å². The van der Waals surface area contributed by atoms with E-state index in [0.29, 0.717) is 5.82 Å². The molecule has 0 saturated heterocycles. The molecule has 0 spiro atoms. The largest absolute Gasteiger partial charge is 0.456 e. The number of thiophene rings is 1. The maximum Gasteiger partial charge on any atom is 0.358 e. The maximum atomic E-state index is 12.6. The van der Waals surface area contributed by atoms with Crippen molar-refractivity contribution in [3.63, 3.8) is 0 Å². The van der Waals surface area contributed by atoms with Gasteiger partial charge in [-0.2, -0.15) is 5.10 Å². The summed E-state index contributed by atoms with van der Waals surface area (Å²) in [4.78, 5) is 17.0. The van der Waals surface area contributed by atoms with Crippen molar-refractivity contribution in [3.8, 4) is 5.82 Å². The third-order valence-electron chi connectivity index (χ3n) is 4.17. The standard InChI is InChI=1S/C20H16ClN3O2S/c1-12-9-13(2)24(23-12)18-8-7-16(21)19(22-18)20(25)26-10-14-11-27-17-6-4-3-5-15(14)17/h3-9,11H,10H2,1-2H3. The Kier molecular flexibility index (Phi) is 4.68. The first kappa shape index (κ1) is 17.7. The highest BCUT2D eigenvalue weighted by molar-refractivity contribution is 7.17. The highest BCUT2D eigenvalue weighted by atomic mass is 35.5. The summed E-state index contributed by atoms with van der Waals surface area (Å²) in [6, 6.07) is 13.3. The summed E-state index contributed by atoms with van der Waals surface area (Å²) in [6.07, 6.45) is 0. The van der Waals surface area contributed by atoms with E-state index in [1.54, 1.807) is 28.2 Å². The summed E-state index contributed by atoms with van der Waals surface area (Å²) in [5.74, 6) is -0.0309. The molecule has 1 aromatic carbocycles. The first-order chi connectivity index (χ1) is 13.0. The van der Waals surface area contributed by atoms with Gasteiger partial charge in [-0.3, -0.25) is 0 Å². The Bertz CT molecular complexity index is 1150. The lowest BCUT2D eigenvalue weighted by Gasteiger charge is -2.08. The van der Waals surface area contributed by atoms with Gasteiger partial charge in [0.15, 0.2) is 11.5 Å². The van der Waals surface area contributed by atoms with Crippen LogP contribution in [-0.4, -0.2) is 20.7 Å². The number of pyridine rings is 1. The van der Waals surface area contributed by atoms with Crippen LogP contribution in [0.4, 0.5) is 0 Å². The lowest BCUT2D eigenvalue weighted by Crippen LogP contribution is -2.11. The number of benzene rings is 1. The predicted molar refractivity (Wildman–Crippen MR) is 107 cm³/mol. The Morgan fingerprint density at radius 2 is 2.04 bits per heavy atom. The molecule has 0 saturated carbocycles. The molecule has 0 fully saturated rings. The van der Waals surface area contributed by atoms with Gasteiger partial charge in [0.25, 0.3) is 0 Å². The van der Waals surface area contributed by atoms with Crippen molar-refractivity contribution >= 4 is 39.0 Å². The quantitative estimate of drug-likeness (QED) is 0.449. The van der Waals surface area contributed by atoms with E-state index < -0.39 is 5.97 Å². The molecular weight excluding hydrogens is 382 g/mol. The van der Waals surface area contributed by atoms with Crippen LogP contribution in [0.25, 0.3) is 15.9 Å². The Labute approximate surface area is 165 Å². The van der Waals surface area contributed by atoms with E-state index in [2.05, 4.69) is 10.1 Å². The van der Waals surface area contributed by atoms with Crippen LogP contribution in [0.2, 0.25) is 5.02 Å². The number of aryl methyl sites for hydroxylation is 2. The number of fused-ring (bicyclic) bond motifs is 1. The first-order valence-electron chi connectivity index (χ1n) is 8.35. The molecular formula is C20H16ClN3O2S. The van der Waals surface area contributed by atoms with Gasteiger partial charge in [-0.1, -0.05) is 29.8 Å². The SMILES string of the molecule is Cc1cc(C)n(-c2ccc(Cl)c(C(=O)OCc3csc4ccccc34)n2)n1. The van der Waals surface area contributed by atoms with Crippen molar-refractivity contribution in [1.29, 1.82) is 0 Å². The molecule has 27 heavy (non-hydrogen) atoms. The number of carbonyl (C=O) groups excluding carboxylic acids is 1. The molecule has 3 heterocycles. The molecule has 0 amide bonds. The van der Waals surface area contributed by atoms with Gasteiger partial charge in [0, 0.05) is 16.0 Å². The third kappa shape index (κ3) is 3.46. The normalized spacial score (nSPS) is 11.1. The smallest absolute Gasteiger partial charge is 0.358 e. The molecule has 3 aromatic heterocycles. The van der Waals surface area contributed by atoms with Gasteiger partial charge in [-0.05, 0) is 48.9 Å². The van der Waals surface area contributed by atoms with Crippen LogP contribution in [0.5, 0.6) is 0 Å². The fourth-order valence-electron chi connectivity index (χ4n) is 2.91. The molecule has 0 bridgehead atoms. The van der Waals surface area contributed by atoms with Gasteiger partial charge in [0.1, 0.15) is 6.61 Å². The minimum absolute atomic E-state index is 0.0845. The van der Waals surface area contributed by atoms with Crippen molar-refractivity contribution in [3.05, 3.63) is 75.5 Å². The van der Waals surface area contributed by atoms with Gasteiger partial charge in [-0.15, -0.1) is 11.3 Å². The van der Waals surface area contributed by atoms with Crippen molar-refractivity contribution in [2.75, 3.05) is 0 Å². The van der Waals surface area contributed by atoms with Gasteiger partial charge < -0.3 is 4.74 Å². The lowest BCUT2D eigenvalue weighted by atomic mass is 10.2. The van der Waals surface area contributed by atoms with Crippen molar-refractivity contribution in [2.45, 2.75) is 20.5 Å². The Morgan fingerprint density at radius 1 is 1.22 bits per heavy atom. The van der Waals surface area contributed by atoms with Gasteiger partial charge in [-0.25, -0.2) is 14.5 Å². The van der Waals surface area contributed by atoms with Crippen LogP contribution in [0, 0.1) is 13.8 Å². The number of ether oxygens (including phenoxy) is 1. The number of esters is 1. The van der Waals surface area contributed by atoms with E-state index in [0.717, 1.165) is 27.0 Å². The minimum Gasteiger partial charge on any atom is -0.456 e. The van der Waals surface area contributed by atoms with E-state index in [1.165, 1.54) is 0 Å². The second-order valence-corrected chi connectivity index (χ2v) is 7.49. The third-order valence-corrected chi connectivity index (χ3v) is 5.49. The maximum absolute atomic E-state index is 12.6. The molecule has 5 nitrogen and oxygen atoms in total. The zero-order valence-electron chi connectivity index (χ0n) is 14.8. The molecule has 4 aromatic rings. The molecule has 0 radical (unpaired) electrons. The summed E-state index contributed by atoms with van der Waals surface area (Å²) < 4.78 is 8.31. The van der Waals surface area contributed by atoms with Gasteiger partial charge in [0.05, 0.1) is 10.7 Å². The fourth-order valence-corrected chi connectivity index (χ4v) is 4.04. The minimum atomic E-state index is -0.557. The summed E-state index contributed by atoms with van der Waals surface area (Å²) in [5.41, 5.74) is 2.85. The number of rotatable bonds is 4. The number of halogens is 1. The molecule has 0 aliphatic rings. The van der Waals surface area contributed by atoms with Crippen LogP contribution < -0.4 is 0 Å². The van der Waals surface area contributed by atoms with Crippen LogP contribution >= 0.6 is 22.9 Å². The average molecular weight is 398 g/mol. The molecule has 0 aliphatic heterocycles. The molecule has 7 heteroatoms. The van der Waals surface area contributed by atoms with E-state index in [9.17, 15) is 4.79 Å². The number of aromatic nitrogens is 3. The fraction of sp³-hybridized carbons (Fsp3) is 0.150. The lowest BCUT2D eigenvalue weighted by molar-refractivity contribution is 0.0468. The van der Waals surface area contributed by atoms with E-state index in [4.69, 9.17) is 16.3 Å². The van der Waals surface area contributed by atoms with Crippen LogP contribution in [0.3, 0.4) is 0 Å². The van der Waals surface area contributed by atoms with Crippen LogP contribution in [0.1, 0.15) is 27.4 Å². The molecule has 0 aliphatic carbocycles. The Hall–Kier alpha value is -2.70. The predicted octanol–water partition coefficient (Wildman–Crippen LogP) is 5.11. The van der Waals surface area contributed by atoms with Crippen LogP contribution in [-0.2, 0) is 11.3 Å². The molecule has 0 unspecified atom stereocenters. The molecule has 0 N–H and O–H groups in total. The Morgan fingerprint density at radius 3 is 2.81 bits per heavy atom. The zero-order chi connectivity index (χ0) is 19.0. The van der Waals surface area contributed by atoms with E-state index >= 15 is 0 Å². The van der Waals surface area contributed by atoms with Gasteiger partial charge in [0.2, 0.25) is 0 Å². The molecule has 136 valence electrons. The number of hydrogen-bond donors (Lipinski definition) is 0. The first-order valence-corrected chi connectivity index (χ1v) is 9.61. The van der Waals surface area contributed by atoms with Gasteiger partial charge >= 0.3 is 5.97 Å². The summed E-state index contributed by atoms with van der Waals surface area (Å²) in [7, 11) is 0. The summed E-state index contributed by atoms with van der Waals surface area (Å²) >= 11 is 7.81. The Balaban J connectivity index is 1.58. The second-order valence-electron chi connectivity index (χ2n) is 6.17. The van der Waals surface area contributed by atoms with Crippen molar-refractivity contribution < 1.29 is 9.53 Å². The molecule has 4 rings (SSSR count). The zero-order valence-corrected chi connectivity index (χ0v) is 16.3. The van der Waals surface area contributed by atoms with Crippen molar-refractivity contribution in [1.82, 2.24) is 14.8 Å². The number of hydrogen-bond acceptors (Lipinski definition) is 5. The second kappa shape index (κ2) is 7.13.